The summed E-state index contributed by atoms with van der Waals surface area (Å²) >= 11 is 0. The normalized spacial score (nSPS) is 13.8. The highest BCUT2D eigenvalue weighted by Gasteiger charge is 2.27. The molecular formula is C79H147N2O7P. The standard InChI is InChI=1S/C79H147N2O7P/c1-7-10-13-16-19-22-25-28-30-32-34-36-38-39-40-41-43-45-47-49-51-54-57-60-63-66-69-72-79(83)88-77(70-67-64-61-58-55-52-27-24-21-18-15-12-9-3)76(75-87-89(84,85)86-74-73-81(4,5)6)80-78(82)71-68-65-62-59-56-53-50-48-46-44-42-37-35-33-31-29-26-23-20-17-14-11-8-2/h19-20,22-23,28-31,34,36,67,70,76-77H,7-18,21,24-27,32-33,35,37-66,68-69,71-75H2,1-6H3,(H-,80,82,84,85)/b22-19-,23-20-,30-28-,31-29-,36-34-,70-67+. The summed E-state index contributed by atoms with van der Waals surface area (Å²) in [5, 5.41) is 3.05. The van der Waals surface area contributed by atoms with E-state index >= 15 is 0 Å². The molecule has 0 saturated heterocycles. The van der Waals surface area contributed by atoms with Gasteiger partial charge in [-0.05, 0) is 102 Å². The van der Waals surface area contributed by atoms with Crippen LogP contribution in [0.15, 0.2) is 72.9 Å². The number of phosphoric acid groups is 1. The Hall–Kier alpha value is -2.55. The zero-order valence-corrected chi connectivity index (χ0v) is 60.5. The van der Waals surface area contributed by atoms with E-state index in [1.165, 1.54) is 257 Å². The first-order valence-corrected chi connectivity index (χ1v) is 39.7. The van der Waals surface area contributed by atoms with E-state index < -0.39 is 20.0 Å². The topological polar surface area (TPSA) is 114 Å². The molecular weight excluding hydrogens is 1120 g/mol. The Morgan fingerprint density at radius 3 is 1.04 bits per heavy atom. The third-order valence-corrected chi connectivity index (χ3v) is 18.1. The van der Waals surface area contributed by atoms with Crippen LogP contribution in [0.1, 0.15) is 367 Å². The van der Waals surface area contributed by atoms with E-state index in [1.54, 1.807) is 0 Å². The molecule has 0 aromatic heterocycles. The van der Waals surface area contributed by atoms with Crippen molar-refractivity contribution in [3.8, 4) is 0 Å². The van der Waals surface area contributed by atoms with Gasteiger partial charge in [-0.25, -0.2) is 0 Å². The fraction of sp³-hybridized carbons (Fsp3) is 0.823. The molecule has 0 aromatic carbocycles. The van der Waals surface area contributed by atoms with E-state index in [4.69, 9.17) is 13.8 Å². The fourth-order valence-corrected chi connectivity index (χ4v) is 11.9. The minimum absolute atomic E-state index is 0.0226. The Kier molecular flexibility index (Phi) is 66.4. The summed E-state index contributed by atoms with van der Waals surface area (Å²) in [5.41, 5.74) is 0. The van der Waals surface area contributed by atoms with Crippen molar-refractivity contribution in [2.24, 2.45) is 0 Å². The van der Waals surface area contributed by atoms with Crippen LogP contribution in [-0.4, -0.2) is 69.4 Å². The number of esters is 1. The van der Waals surface area contributed by atoms with Gasteiger partial charge in [-0.3, -0.25) is 14.2 Å². The van der Waals surface area contributed by atoms with Gasteiger partial charge in [-0.15, -0.1) is 0 Å². The molecule has 10 heteroatoms. The summed E-state index contributed by atoms with van der Waals surface area (Å²) in [6.07, 6.45) is 90.3. The first-order valence-electron chi connectivity index (χ1n) is 38.2. The average Bonchev–Trinajstić information content (AvgIpc) is 3.63. The van der Waals surface area contributed by atoms with Gasteiger partial charge in [-0.2, -0.15) is 0 Å². The Bertz CT molecular complexity index is 1750. The van der Waals surface area contributed by atoms with Crippen molar-refractivity contribution in [3.05, 3.63) is 72.9 Å². The highest BCUT2D eigenvalue weighted by Crippen LogP contribution is 2.38. The molecule has 0 fully saturated rings. The SMILES string of the molecule is CCCCC/C=C\C/C=C\C/C=C\CCCCCCCCCCCCCCCCC(=O)OC(/C=C/CCCCCCCCCCCCC)C(COP(=O)([O-])OCC[N+](C)(C)C)NC(=O)CCCCCCCCCCCCCCC/C=C\C/C=C\CCCCC. The number of quaternary nitrogens is 1. The van der Waals surface area contributed by atoms with Gasteiger partial charge < -0.3 is 28.5 Å². The van der Waals surface area contributed by atoms with Gasteiger partial charge >= 0.3 is 5.97 Å². The molecule has 520 valence electrons. The molecule has 9 nitrogen and oxygen atoms in total. The molecule has 0 spiro atoms. The lowest BCUT2D eigenvalue weighted by molar-refractivity contribution is -0.870. The second-order valence-electron chi connectivity index (χ2n) is 27.1. The first kappa shape index (κ1) is 86.5. The van der Waals surface area contributed by atoms with Crippen molar-refractivity contribution in [3.63, 3.8) is 0 Å². The van der Waals surface area contributed by atoms with Gasteiger partial charge in [0.25, 0.3) is 7.82 Å². The quantitative estimate of drug-likeness (QED) is 0.0212. The molecule has 3 unspecified atom stereocenters. The summed E-state index contributed by atoms with van der Waals surface area (Å²) in [5.74, 6) is -0.528. The number of phosphoric ester groups is 1. The molecule has 89 heavy (non-hydrogen) atoms. The summed E-state index contributed by atoms with van der Waals surface area (Å²) in [4.78, 5) is 40.3. The maximum atomic E-state index is 13.6. The number of likely N-dealkylation sites (N-methyl/N-ethyl adjacent to an activating group) is 1. The van der Waals surface area contributed by atoms with Crippen molar-refractivity contribution in [2.45, 2.75) is 380 Å². The number of carbonyl (C=O) groups excluding carboxylic acids is 2. The third kappa shape index (κ3) is 69.6. The van der Waals surface area contributed by atoms with Gasteiger partial charge in [0, 0.05) is 12.8 Å². The van der Waals surface area contributed by atoms with Crippen molar-refractivity contribution in [1.82, 2.24) is 5.32 Å². The van der Waals surface area contributed by atoms with Crippen LogP contribution in [0.25, 0.3) is 0 Å². The fourth-order valence-electron chi connectivity index (χ4n) is 11.2. The molecule has 0 aliphatic heterocycles. The number of carbonyl (C=O) groups is 2. The predicted molar refractivity (Wildman–Crippen MR) is 385 cm³/mol. The third-order valence-electron chi connectivity index (χ3n) is 17.1. The first-order chi connectivity index (χ1) is 43.4. The molecule has 1 amide bonds. The number of unbranched alkanes of at least 4 members (excludes halogenated alkanes) is 44. The van der Waals surface area contributed by atoms with Crippen LogP contribution >= 0.6 is 7.82 Å². The van der Waals surface area contributed by atoms with E-state index in [1.807, 2.05) is 33.3 Å². The molecule has 0 radical (unpaired) electrons. The van der Waals surface area contributed by atoms with Gasteiger partial charge in [0.15, 0.2) is 0 Å². The van der Waals surface area contributed by atoms with E-state index in [-0.39, 0.29) is 31.5 Å². The highest BCUT2D eigenvalue weighted by molar-refractivity contribution is 7.45. The number of nitrogens with one attached hydrogen (secondary N) is 1. The Labute approximate surface area is 553 Å². The van der Waals surface area contributed by atoms with Gasteiger partial charge in [-0.1, -0.05) is 325 Å². The van der Waals surface area contributed by atoms with Crippen LogP contribution in [-0.2, 0) is 27.9 Å². The number of allylic oxidation sites excluding steroid dienone is 11. The Morgan fingerprint density at radius 2 is 0.685 bits per heavy atom. The van der Waals surface area contributed by atoms with Crippen molar-refractivity contribution >= 4 is 19.7 Å². The summed E-state index contributed by atoms with van der Waals surface area (Å²) in [6, 6.07) is -0.892. The average molecular weight is 1270 g/mol. The lowest BCUT2D eigenvalue weighted by Gasteiger charge is -2.30. The van der Waals surface area contributed by atoms with Gasteiger partial charge in [0.05, 0.1) is 33.8 Å². The number of hydrogen-bond acceptors (Lipinski definition) is 7. The highest BCUT2D eigenvalue weighted by atomic mass is 31.2. The molecule has 0 saturated carbocycles. The van der Waals surface area contributed by atoms with Crippen LogP contribution in [0.4, 0.5) is 0 Å². The van der Waals surface area contributed by atoms with Crippen LogP contribution in [0.3, 0.4) is 0 Å². The summed E-state index contributed by atoms with van der Waals surface area (Å²) in [7, 11) is 1.19. The minimum atomic E-state index is -4.71. The largest absolute Gasteiger partial charge is 0.756 e. The predicted octanol–water partition coefficient (Wildman–Crippen LogP) is 24.1. The van der Waals surface area contributed by atoms with Crippen molar-refractivity contribution < 1.29 is 37.3 Å². The molecule has 0 rings (SSSR count). The summed E-state index contributed by atoms with van der Waals surface area (Å²) in [6.45, 7) is 6.84. The molecule has 1 N–H and O–H groups in total. The van der Waals surface area contributed by atoms with E-state index in [0.717, 1.165) is 77.0 Å². The smallest absolute Gasteiger partial charge is 0.306 e. The molecule has 0 bridgehead atoms. The van der Waals surface area contributed by atoms with Crippen molar-refractivity contribution in [1.29, 1.82) is 0 Å². The van der Waals surface area contributed by atoms with Crippen LogP contribution < -0.4 is 10.2 Å². The second-order valence-corrected chi connectivity index (χ2v) is 28.6. The van der Waals surface area contributed by atoms with E-state index in [9.17, 15) is 19.0 Å². The molecule has 3 atom stereocenters. The van der Waals surface area contributed by atoms with Crippen LogP contribution in [0.5, 0.6) is 0 Å². The Morgan fingerprint density at radius 1 is 0.393 bits per heavy atom. The molecule has 0 heterocycles. The van der Waals surface area contributed by atoms with Gasteiger partial charge in [0.1, 0.15) is 19.3 Å². The number of amides is 1. The Balaban J connectivity index is 5.00. The van der Waals surface area contributed by atoms with Crippen LogP contribution in [0, 0.1) is 0 Å². The number of hydrogen-bond donors (Lipinski definition) is 1. The monoisotopic (exact) mass is 1270 g/mol. The van der Waals surface area contributed by atoms with E-state index in [0.29, 0.717) is 17.4 Å². The molecule has 0 aliphatic rings. The second kappa shape index (κ2) is 68.3. The molecule has 0 aliphatic carbocycles. The van der Waals surface area contributed by atoms with Gasteiger partial charge in [0.2, 0.25) is 5.91 Å². The summed E-state index contributed by atoms with van der Waals surface area (Å²) < 4.78 is 30.5. The minimum Gasteiger partial charge on any atom is -0.756 e. The van der Waals surface area contributed by atoms with Crippen molar-refractivity contribution in [2.75, 3.05) is 40.9 Å². The lowest BCUT2D eigenvalue weighted by atomic mass is 10.0. The number of ether oxygens (including phenoxy) is 1. The van der Waals surface area contributed by atoms with E-state index in [2.05, 4.69) is 86.8 Å². The zero-order chi connectivity index (χ0) is 64.9. The lowest BCUT2D eigenvalue weighted by Crippen LogP contribution is -2.47. The van der Waals surface area contributed by atoms with Crippen LogP contribution in [0.2, 0.25) is 0 Å². The molecule has 0 aromatic rings. The number of nitrogens with zero attached hydrogens (tertiary/aromatic N) is 1. The maximum Gasteiger partial charge on any atom is 0.306 e. The number of rotatable bonds is 70. The maximum absolute atomic E-state index is 13.6. The zero-order valence-electron chi connectivity index (χ0n) is 59.6.